The summed E-state index contributed by atoms with van der Waals surface area (Å²) in [6.45, 7) is 4.10. The molecule has 1 fully saturated rings. The highest BCUT2D eigenvalue weighted by molar-refractivity contribution is 5.95. The zero-order valence-corrected chi connectivity index (χ0v) is 15.5. The third-order valence-corrected chi connectivity index (χ3v) is 5.11. The Kier molecular flexibility index (Phi) is 4.73. The van der Waals surface area contributed by atoms with E-state index in [0.717, 1.165) is 5.69 Å². The summed E-state index contributed by atoms with van der Waals surface area (Å²) in [5, 5.41) is 14.2. The second kappa shape index (κ2) is 7.34. The van der Waals surface area contributed by atoms with Crippen molar-refractivity contribution in [2.75, 3.05) is 31.1 Å². The van der Waals surface area contributed by atoms with Crippen LogP contribution in [0.5, 0.6) is 5.75 Å². The van der Waals surface area contributed by atoms with E-state index in [1.54, 1.807) is 42.2 Å². The van der Waals surface area contributed by atoms with Gasteiger partial charge in [0.2, 0.25) is 0 Å². The molecule has 1 amide bonds. The van der Waals surface area contributed by atoms with Gasteiger partial charge in [-0.2, -0.15) is 5.10 Å². The van der Waals surface area contributed by atoms with Crippen molar-refractivity contribution in [3.63, 3.8) is 0 Å². The molecule has 3 aromatic rings. The van der Waals surface area contributed by atoms with E-state index in [0.29, 0.717) is 43.1 Å². The van der Waals surface area contributed by atoms with Crippen LogP contribution < -0.4 is 4.90 Å². The zero-order chi connectivity index (χ0) is 19.7. The number of hydrogen-bond acceptors (Lipinski definition) is 4. The molecule has 0 unspecified atom stereocenters. The van der Waals surface area contributed by atoms with Gasteiger partial charge in [-0.05, 0) is 31.2 Å². The molecule has 1 aliphatic heterocycles. The number of para-hydroxylation sites is 3. The number of anilines is 1. The van der Waals surface area contributed by atoms with Gasteiger partial charge in [0.25, 0.3) is 5.91 Å². The van der Waals surface area contributed by atoms with Crippen molar-refractivity contribution in [2.24, 2.45) is 0 Å². The van der Waals surface area contributed by atoms with Gasteiger partial charge in [0.05, 0.1) is 23.1 Å². The molecule has 0 saturated carbocycles. The summed E-state index contributed by atoms with van der Waals surface area (Å²) in [4.78, 5) is 16.8. The number of carbonyl (C=O) groups excluding carboxylic acids is 1. The van der Waals surface area contributed by atoms with Crippen molar-refractivity contribution < 1.29 is 14.3 Å². The van der Waals surface area contributed by atoms with Crippen molar-refractivity contribution in [1.29, 1.82) is 0 Å². The number of rotatable bonds is 3. The van der Waals surface area contributed by atoms with Gasteiger partial charge in [-0.15, -0.1) is 0 Å². The third kappa shape index (κ3) is 3.19. The molecule has 7 heteroatoms. The summed E-state index contributed by atoms with van der Waals surface area (Å²) < 4.78 is 15.5. The Morgan fingerprint density at radius 2 is 1.64 bits per heavy atom. The number of carbonyl (C=O) groups is 1. The minimum Gasteiger partial charge on any atom is -0.506 e. The van der Waals surface area contributed by atoms with E-state index in [1.807, 2.05) is 12.1 Å². The number of amides is 1. The van der Waals surface area contributed by atoms with Crippen LogP contribution in [-0.2, 0) is 0 Å². The molecule has 1 N–H and O–H groups in total. The molecule has 6 nitrogen and oxygen atoms in total. The summed E-state index contributed by atoms with van der Waals surface area (Å²) in [6, 6.07) is 13.6. The average molecular weight is 380 g/mol. The minimum atomic E-state index is -0.385. The number of halogens is 1. The molecule has 0 spiro atoms. The smallest absolute Gasteiger partial charge is 0.257 e. The van der Waals surface area contributed by atoms with E-state index in [4.69, 9.17) is 0 Å². The molecule has 1 aliphatic rings. The predicted molar refractivity (Wildman–Crippen MR) is 104 cm³/mol. The van der Waals surface area contributed by atoms with Crippen LogP contribution in [0, 0.1) is 12.7 Å². The number of hydrogen-bond donors (Lipinski definition) is 1. The first-order chi connectivity index (χ1) is 13.6. The second-order valence-corrected chi connectivity index (χ2v) is 6.77. The lowest BCUT2D eigenvalue weighted by atomic mass is 10.2. The number of phenols is 1. The lowest BCUT2D eigenvalue weighted by Crippen LogP contribution is -2.48. The lowest BCUT2D eigenvalue weighted by Gasteiger charge is -2.36. The van der Waals surface area contributed by atoms with E-state index < -0.39 is 0 Å². The molecule has 0 bridgehead atoms. The maximum atomic E-state index is 14.1. The quantitative estimate of drug-likeness (QED) is 0.759. The van der Waals surface area contributed by atoms with E-state index >= 15 is 0 Å². The molecule has 28 heavy (non-hydrogen) atoms. The Morgan fingerprint density at radius 1 is 1.00 bits per heavy atom. The van der Waals surface area contributed by atoms with Gasteiger partial charge in [0.1, 0.15) is 17.3 Å². The molecule has 2 aromatic carbocycles. The fourth-order valence-corrected chi connectivity index (χ4v) is 3.54. The van der Waals surface area contributed by atoms with Crippen LogP contribution in [0.4, 0.5) is 10.1 Å². The van der Waals surface area contributed by atoms with Gasteiger partial charge in [-0.3, -0.25) is 4.79 Å². The van der Waals surface area contributed by atoms with Crippen LogP contribution in [-0.4, -0.2) is 51.9 Å². The number of phenolic OH excluding ortho intramolecular Hbond substituents is 1. The Labute approximate surface area is 162 Å². The van der Waals surface area contributed by atoms with Gasteiger partial charge in [0, 0.05) is 26.2 Å². The number of aromatic hydroxyl groups is 1. The normalized spacial score (nSPS) is 14.4. The highest BCUT2D eigenvalue weighted by Gasteiger charge is 2.26. The van der Waals surface area contributed by atoms with Gasteiger partial charge < -0.3 is 14.9 Å². The average Bonchev–Trinajstić information content (AvgIpc) is 3.09. The first-order valence-electron chi connectivity index (χ1n) is 9.18. The zero-order valence-electron chi connectivity index (χ0n) is 15.5. The van der Waals surface area contributed by atoms with Gasteiger partial charge in [-0.1, -0.05) is 24.3 Å². The molecular weight excluding hydrogens is 359 g/mol. The molecule has 0 radical (unpaired) electrons. The number of benzene rings is 2. The van der Waals surface area contributed by atoms with Gasteiger partial charge in [-0.25, -0.2) is 9.07 Å². The molecule has 2 heterocycles. The number of aromatic nitrogens is 2. The summed E-state index contributed by atoms with van der Waals surface area (Å²) in [6.07, 6.45) is 1.50. The first-order valence-corrected chi connectivity index (χ1v) is 9.18. The van der Waals surface area contributed by atoms with Crippen LogP contribution >= 0.6 is 0 Å². The standard InChI is InChI=1S/C21H21FN4O2/c1-15-16(14-23-26(15)18-7-3-2-6-17(18)22)21(28)25-12-10-24(11-13-25)19-8-4-5-9-20(19)27/h2-9,14,27H,10-13H2,1H3. The summed E-state index contributed by atoms with van der Waals surface area (Å²) in [5.41, 5.74) is 2.18. The Balaban J connectivity index is 1.49. The van der Waals surface area contributed by atoms with E-state index in [1.165, 1.54) is 16.9 Å². The minimum absolute atomic E-state index is 0.114. The summed E-state index contributed by atoms with van der Waals surface area (Å²) in [7, 11) is 0. The molecule has 1 aromatic heterocycles. The van der Waals surface area contributed by atoms with E-state index in [-0.39, 0.29) is 17.5 Å². The van der Waals surface area contributed by atoms with Crippen molar-refractivity contribution >= 4 is 11.6 Å². The van der Waals surface area contributed by atoms with Crippen molar-refractivity contribution in [3.8, 4) is 11.4 Å². The SMILES string of the molecule is Cc1c(C(=O)N2CCN(c3ccccc3O)CC2)cnn1-c1ccccc1F. The fraction of sp³-hybridized carbons (Fsp3) is 0.238. The lowest BCUT2D eigenvalue weighted by molar-refractivity contribution is 0.0746. The maximum Gasteiger partial charge on any atom is 0.257 e. The topological polar surface area (TPSA) is 61.6 Å². The van der Waals surface area contributed by atoms with Crippen LogP contribution in [0.3, 0.4) is 0 Å². The van der Waals surface area contributed by atoms with Crippen molar-refractivity contribution in [1.82, 2.24) is 14.7 Å². The Bertz CT molecular complexity index is 1010. The van der Waals surface area contributed by atoms with E-state index in [9.17, 15) is 14.3 Å². The van der Waals surface area contributed by atoms with E-state index in [2.05, 4.69) is 10.00 Å². The maximum absolute atomic E-state index is 14.1. The van der Waals surface area contributed by atoms with Crippen molar-refractivity contribution in [2.45, 2.75) is 6.92 Å². The third-order valence-electron chi connectivity index (χ3n) is 5.11. The molecule has 144 valence electrons. The largest absolute Gasteiger partial charge is 0.506 e. The second-order valence-electron chi connectivity index (χ2n) is 6.77. The monoisotopic (exact) mass is 380 g/mol. The molecule has 0 atom stereocenters. The number of piperazine rings is 1. The molecule has 4 rings (SSSR count). The van der Waals surface area contributed by atoms with Crippen LogP contribution in [0.1, 0.15) is 16.1 Å². The van der Waals surface area contributed by atoms with Gasteiger partial charge in [0.15, 0.2) is 0 Å². The van der Waals surface area contributed by atoms with Crippen LogP contribution in [0.2, 0.25) is 0 Å². The van der Waals surface area contributed by atoms with Crippen LogP contribution in [0.15, 0.2) is 54.7 Å². The van der Waals surface area contributed by atoms with Crippen molar-refractivity contribution in [3.05, 3.63) is 71.8 Å². The summed E-state index contributed by atoms with van der Waals surface area (Å²) in [5.74, 6) is -0.259. The highest BCUT2D eigenvalue weighted by Crippen LogP contribution is 2.27. The first kappa shape index (κ1) is 18.0. The predicted octanol–water partition coefficient (Wildman–Crippen LogP) is 2.99. The number of nitrogens with zero attached hydrogens (tertiary/aromatic N) is 4. The summed E-state index contributed by atoms with van der Waals surface area (Å²) >= 11 is 0. The molecule has 1 saturated heterocycles. The Hall–Kier alpha value is -3.35. The molecule has 0 aliphatic carbocycles. The Morgan fingerprint density at radius 3 is 2.32 bits per heavy atom. The fourth-order valence-electron chi connectivity index (χ4n) is 3.54. The highest BCUT2D eigenvalue weighted by atomic mass is 19.1. The molecular formula is C21H21FN4O2. The van der Waals surface area contributed by atoms with Crippen LogP contribution in [0.25, 0.3) is 5.69 Å². The van der Waals surface area contributed by atoms with Gasteiger partial charge >= 0.3 is 0 Å².